The number of hydrogen-bond acceptors (Lipinski definition) is 3. The van der Waals surface area contributed by atoms with Crippen molar-refractivity contribution in [2.24, 2.45) is 0 Å². The first kappa shape index (κ1) is 15.9. The highest BCUT2D eigenvalue weighted by Crippen LogP contribution is 2.19. The molecule has 2 aromatic heterocycles. The Morgan fingerprint density at radius 3 is 2.50 bits per heavy atom. The van der Waals surface area contributed by atoms with Gasteiger partial charge in [-0.2, -0.15) is 0 Å². The number of hydrogen-bond donors (Lipinski definition) is 0. The third-order valence-electron chi connectivity index (χ3n) is 3.66. The molecule has 24 heavy (non-hydrogen) atoms. The minimum Gasteiger partial charge on any atom is -0.467 e. The molecule has 0 aliphatic heterocycles. The molecule has 4 nitrogen and oxygen atoms in total. The Bertz CT molecular complexity index is 826. The Balaban J connectivity index is 1.84. The van der Waals surface area contributed by atoms with Crippen LogP contribution in [0.3, 0.4) is 0 Å². The second-order valence-electron chi connectivity index (χ2n) is 5.62. The smallest absolute Gasteiger partial charge is 0.251 e. The molecule has 2 heterocycles. The molecule has 1 aromatic carbocycles. The number of furan rings is 2. The summed E-state index contributed by atoms with van der Waals surface area (Å²) in [7, 11) is 0. The van der Waals surface area contributed by atoms with E-state index in [-0.39, 0.29) is 5.91 Å². The van der Waals surface area contributed by atoms with E-state index in [4.69, 9.17) is 8.83 Å². The number of amides is 1. The first-order valence-corrected chi connectivity index (χ1v) is 7.77. The van der Waals surface area contributed by atoms with Crippen molar-refractivity contribution >= 4 is 17.7 Å². The quantitative estimate of drug-likeness (QED) is 0.638. The van der Waals surface area contributed by atoms with Crippen LogP contribution < -0.4 is 4.90 Å². The normalized spacial score (nSPS) is 11.1. The van der Waals surface area contributed by atoms with Crippen molar-refractivity contribution in [2.75, 3.05) is 4.90 Å². The van der Waals surface area contributed by atoms with E-state index in [9.17, 15) is 4.79 Å². The molecule has 0 fully saturated rings. The number of aryl methyl sites for hydroxylation is 2. The Hall–Kier alpha value is -3.01. The summed E-state index contributed by atoms with van der Waals surface area (Å²) in [5, 5.41) is 0. The number of carbonyl (C=O) groups is 1. The molecule has 0 radical (unpaired) electrons. The lowest BCUT2D eigenvalue weighted by molar-refractivity contribution is -0.114. The second kappa shape index (κ2) is 7.04. The molecule has 0 saturated carbocycles. The standard InChI is InChI=1S/C20H19NO3/c1-15-5-8-17(9-6-15)21(14-19-4-3-13-23-19)20(22)12-11-18-10-7-16(2)24-18/h3-13H,14H2,1-2H3/b12-11+. The van der Waals surface area contributed by atoms with Gasteiger partial charge in [0, 0.05) is 11.8 Å². The summed E-state index contributed by atoms with van der Waals surface area (Å²) in [6, 6.07) is 15.2. The van der Waals surface area contributed by atoms with Crippen molar-refractivity contribution in [3.63, 3.8) is 0 Å². The number of rotatable bonds is 5. The van der Waals surface area contributed by atoms with Crippen LogP contribution >= 0.6 is 0 Å². The lowest BCUT2D eigenvalue weighted by Crippen LogP contribution is -2.28. The molecule has 0 unspecified atom stereocenters. The average Bonchev–Trinajstić information content (AvgIpc) is 3.23. The first-order chi connectivity index (χ1) is 11.6. The minimum absolute atomic E-state index is 0.135. The lowest BCUT2D eigenvalue weighted by atomic mass is 10.2. The Morgan fingerprint density at radius 1 is 1.08 bits per heavy atom. The number of anilines is 1. The molecule has 1 amide bonds. The number of benzene rings is 1. The molecule has 122 valence electrons. The fourth-order valence-electron chi connectivity index (χ4n) is 2.37. The van der Waals surface area contributed by atoms with Crippen molar-refractivity contribution in [1.82, 2.24) is 0 Å². The van der Waals surface area contributed by atoms with Crippen LogP contribution in [0.1, 0.15) is 22.8 Å². The van der Waals surface area contributed by atoms with Crippen molar-refractivity contribution in [2.45, 2.75) is 20.4 Å². The van der Waals surface area contributed by atoms with Gasteiger partial charge in [-0.15, -0.1) is 0 Å². The van der Waals surface area contributed by atoms with Gasteiger partial charge in [-0.25, -0.2) is 0 Å². The predicted molar refractivity (Wildman–Crippen MR) is 93.6 cm³/mol. The van der Waals surface area contributed by atoms with E-state index in [0.717, 1.165) is 22.8 Å². The van der Waals surface area contributed by atoms with E-state index in [1.165, 1.54) is 6.08 Å². The van der Waals surface area contributed by atoms with E-state index in [2.05, 4.69) is 0 Å². The zero-order valence-corrected chi connectivity index (χ0v) is 13.7. The maximum absolute atomic E-state index is 12.7. The van der Waals surface area contributed by atoms with Gasteiger partial charge < -0.3 is 13.7 Å². The molecular weight excluding hydrogens is 302 g/mol. The summed E-state index contributed by atoms with van der Waals surface area (Å²) in [4.78, 5) is 14.4. The van der Waals surface area contributed by atoms with Gasteiger partial charge in [0.15, 0.2) is 0 Å². The predicted octanol–water partition coefficient (Wildman–Crippen LogP) is 4.74. The van der Waals surface area contributed by atoms with Crippen molar-refractivity contribution in [3.8, 4) is 0 Å². The van der Waals surface area contributed by atoms with E-state index >= 15 is 0 Å². The molecule has 0 saturated heterocycles. The molecule has 0 aliphatic rings. The Labute approximate surface area is 141 Å². The van der Waals surface area contributed by atoms with Crippen LogP contribution in [0.25, 0.3) is 6.08 Å². The van der Waals surface area contributed by atoms with E-state index in [0.29, 0.717) is 12.3 Å². The van der Waals surface area contributed by atoms with Gasteiger partial charge in [-0.05, 0) is 56.3 Å². The summed E-state index contributed by atoms with van der Waals surface area (Å²) < 4.78 is 10.9. The highest BCUT2D eigenvalue weighted by molar-refractivity contribution is 6.03. The van der Waals surface area contributed by atoms with Gasteiger partial charge >= 0.3 is 0 Å². The van der Waals surface area contributed by atoms with Crippen LogP contribution in [-0.4, -0.2) is 5.91 Å². The van der Waals surface area contributed by atoms with Gasteiger partial charge in [-0.1, -0.05) is 17.7 Å². The summed E-state index contributed by atoms with van der Waals surface area (Å²) in [6.07, 6.45) is 4.80. The van der Waals surface area contributed by atoms with Crippen molar-refractivity contribution < 1.29 is 13.6 Å². The van der Waals surface area contributed by atoms with Crippen LogP contribution in [0.5, 0.6) is 0 Å². The topological polar surface area (TPSA) is 46.6 Å². The third kappa shape index (κ3) is 3.84. The largest absolute Gasteiger partial charge is 0.467 e. The minimum atomic E-state index is -0.135. The van der Waals surface area contributed by atoms with Gasteiger partial charge in [0.05, 0.1) is 12.8 Å². The van der Waals surface area contributed by atoms with E-state index in [1.807, 2.05) is 62.4 Å². The molecule has 0 bridgehead atoms. The maximum atomic E-state index is 12.7. The Morgan fingerprint density at radius 2 is 1.88 bits per heavy atom. The van der Waals surface area contributed by atoms with Crippen LogP contribution in [0.2, 0.25) is 0 Å². The second-order valence-corrected chi connectivity index (χ2v) is 5.62. The SMILES string of the molecule is Cc1ccc(N(Cc2ccco2)C(=O)/C=C/c2ccc(C)o2)cc1. The molecular formula is C20H19NO3. The summed E-state index contributed by atoms with van der Waals surface area (Å²) in [6.45, 7) is 4.26. The molecule has 3 aromatic rings. The molecule has 0 aliphatic carbocycles. The van der Waals surface area contributed by atoms with E-state index < -0.39 is 0 Å². The molecule has 4 heteroatoms. The van der Waals surface area contributed by atoms with Gasteiger partial charge in [0.2, 0.25) is 0 Å². The molecule has 0 atom stereocenters. The summed E-state index contributed by atoms with van der Waals surface area (Å²) in [5.41, 5.74) is 1.97. The Kier molecular flexibility index (Phi) is 4.66. The highest BCUT2D eigenvalue weighted by atomic mass is 16.3. The third-order valence-corrected chi connectivity index (χ3v) is 3.66. The van der Waals surface area contributed by atoms with Crippen LogP contribution in [0.15, 0.2) is 69.7 Å². The zero-order chi connectivity index (χ0) is 16.9. The number of carbonyl (C=O) groups excluding carboxylic acids is 1. The zero-order valence-electron chi connectivity index (χ0n) is 13.7. The number of nitrogens with zero attached hydrogens (tertiary/aromatic N) is 1. The fourth-order valence-corrected chi connectivity index (χ4v) is 2.37. The van der Waals surface area contributed by atoms with Crippen LogP contribution in [-0.2, 0) is 11.3 Å². The first-order valence-electron chi connectivity index (χ1n) is 7.77. The van der Waals surface area contributed by atoms with Crippen molar-refractivity contribution in [1.29, 1.82) is 0 Å². The highest BCUT2D eigenvalue weighted by Gasteiger charge is 2.15. The summed E-state index contributed by atoms with van der Waals surface area (Å²) >= 11 is 0. The van der Waals surface area contributed by atoms with Crippen molar-refractivity contribution in [3.05, 3.63) is 83.7 Å². The summed E-state index contributed by atoms with van der Waals surface area (Å²) in [5.74, 6) is 2.06. The lowest BCUT2D eigenvalue weighted by Gasteiger charge is -2.20. The van der Waals surface area contributed by atoms with Crippen LogP contribution in [0, 0.1) is 13.8 Å². The van der Waals surface area contributed by atoms with Gasteiger partial charge in [0.1, 0.15) is 17.3 Å². The van der Waals surface area contributed by atoms with Gasteiger partial charge in [0.25, 0.3) is 5.91 Å². The average molecular weight is 321 g/mol. The molecule has 0 spiro atoms. The fraction of sp³-hybridized carbons (Fsp3) is 0.150. The molecule has 3 rings (SSSR count). The maximum Gasteiger partial charge on any atom is 0.251 e. The van der Waals surface area contributed by atoms with Crippen LogP contribution in [0.4, 0.5) is 5.69 Å². The monoisotopic (exact) mass is 321 g/mol. The molecule has 0 N–H and O–H groups in total. The van der Waals surface area contributed by atoms with Gasteiger partial charge in [-0.3, -0.25) is 4.79 Å². The van der Waals surface area contributed by atoms with E-state index in [1.54, 1.807) is 17.2 Å².